The van der Waals surface area contributed by atoms with Crippen molar-refractivity contribution in [1.29, 1.82) is 0 Å². The van der Waals surface area contributed by atoms with E-state index in [-0.39, 0.29) is 0 Å². The van der Waals surface area contributed by atoms with Crippen LogP contribution in [-0.2, 0) is 0 Å². The second-order valence-electron chi connectivity index (χ2n) is 4.37. The summed E-state index contributed by atoms with van der Waals surface area (Å²) in [6.07, 6.45) is 3.20. The van der Waals surface area contributed by atoms with Crippen LogP contribution in [-0.4, -0.2) is 10.7 Å². The average Bonchev–Trinajstić information content (AvgIpc) is 2.70. The van der Waals surface area contributed by atoms with E-state index < -0.39 is 11.6 Å². The summed E-state index contributed by atoms with van der Waals surface area (Å²) in [6.45, 7) is 0. The van der Waals surface area contributed by atoms with Crippen LogP contribution in [0.1, 0.15) is 37.3 Å². The molecule has 0 amide bonds. The van der Waals surface area contributed by atoms with Crippen LogP contribution < -0.4 is 0 Å². The second kappa shape index (κ2) is 4.52. The largest absolute Gasteiger partial charge is 0.387 e. The molecule has 2 rings (SSSR count). The molecule has 86 valence electrons. The minimum Gasteiger partial charge on any atom is -0.387 e. The third-order valence-corrected chi connectivity index (χ3v) is 3.52. The van der Waals surface area contributed by atoms with E-state index in [1.165, 1.54) is 0 Å². The van der Waals surface area contributed by atoms with Gasteiger partial charge in [0.1, 0.15) is 6.04 Å². The molecule has 0 saturated heterocycles. The maximum Gasteiger partial charge on any atom is 0.145 e. The minimum atomic E-state index is -0.963. The Morgan fingerprint density at radius 2 is 1.81 bits per heavy atom. The number of nitroso groups, excluding NO2 is 1. The van der Waals surface area contributed by atoms with Gasteiger partial charge in [-0.25, -0.2) is 0 Å². The molecule has 4 heteroatoms. The number of rotatable bonds is 3. The van der Waals surface area contributed by atoms with Gasteiger partial charge in [0.15, 0.2) is 0 Å². The average molecular weight is 240 g/mol. The number of aliphatic hydroxyl groups is 1. The molecule has 1 unspecified atom stereocenters. The van der Waals surface area contributed by atoms with Gasteiger partial charge in [0.25, 0.3) is 0 Å². The van der Waals surface area contributed by atoms with Gasteiger partial charge >= 0.3 is 0 Å². The molecule has 1 fully saturated rings. The van der Waals surface area contributed by atoms with Gasteiger partial charge in [0.2, 0.25) is 0 Å². The van der Waals surface area contributed by atoms with Crippen molar-refractivity contribution in [2.24, 2.45) is 5.18 Å². The van der Waals surface area contributed by atoms with Crippen molar-refractivity contribution in [2.45, 2.75) is 37.3 Å². The lowest BCUT2D eigenvalue weighted by Gasteiger charge is -2.27. The fourth-order valence-corrected chi connectivity index (χ4v) is 2.50. The van der Waals surface area contributed by atoms with Crippen LogP contribution in [0.5, 0.6) is 0 Å². The van der Waals surface area contributed by atoms with Crippen molar-refractivity contribution >= 4 is 11.6 Å². The maximum atomic E-state index is 10.9. The number of halogens is 1. The van der Waals surface area contributed by atoms with E-state index >= 15 is 0 Å². The highest BCUT2D eigenvalue weighted by atomic mass is 35.5. The van der Waals surface area contributed by atoms with Crippen LogP contribution >= 0.6 is 11.6 Å². The summed E-state index contributed by atoms with van der Waals surface area (Å²) in [5.41, 5.74) is -0.223. The molecule has 0 aliphatic heterocycles. The summed E-state index contributed by atoms with van der Waals surface area (Å²) in [5, 5.41) is 14.1. The Bertz CT molecular complexity index is 371. The Balaban J connectivity index is 2.28. The van der Waals surface area contributed by atoms with Crippen LogP contribution in [0.15, 0.2) is 29.4 Å². The highest BCUT2D eigenvalue weighted by molar-refractivity contribution is 6.30. The van der Waals surface area contributed by atoms with Crippen molar-refractivity contribution in [1.82, 2.24) is 0 Å². The molecule has 1 aliphatic carbocycles. The second-order valence-corrected chi connectivity index (χ2v) is 4.81. The first-order valence-corrected chi connectivity index (χ1v) is 5.84. The minimum absolute atomic E-state index is 0.617. The summed E-state index contributed by atoms with van der Waals surface area (Å²) < 4.78 is 0. The van der Waals surface area contributed by atoms with Crippen LogP contribution in [0.25, 0.3) is 0 Å². The van der Waals surface area contributed by atoms with E-state index in [0.29, 0.717) is 17.9 Å². The lowest BCUT2D eigenvalue weighted by Crippen LogP contribution is -2.31. The number of benzene rings is 1. The molecule has 1 aromatic carbocycles. The van der Waals surface area contributed by atoms with Crippen molar-refractivity contribution in [3.63, 3.8) is 0 Å². The van der Waals surface area contributed by atoms with Gasteiger partial charge < -0.3 is 5.11 Å². The van der Waals surface area contributed by atoms with Crippen LogP contribution in [0.3, 0.4) is 0 Å². The molecule has 3 nitrogen and oxygen atoms in total. The monoisotopic (exact) mass is 239 g/mol. The number of hydrogen-bond donors (Lipinski definition) is 1. The van der Waals surface area contributed by atoms with Gasteiger partial charge in [-0.15, -0.1) is 0 Å². The summed E-state index contributed by atoms with van der Waals surface area (Å²) in [6, 6.07) is 6.27. The fourth-order valence-electron chi connectivity index (χ4n) is 2.37. The molecule has 0 aromatic heterocycles. The first-order chi connectivity index (χ1) is 7.65. The predicted octanol–water partition coefficient (Wildman–Crippen LogP) is 3.45. The third kappa shape index (κ3) is 2.11. The van der Waals surface area contributed by atoms with E-state index in [1.54, 1.807) is 24.3 Å². The highest BCUT2D eigenvalue weighted by Crippen LogP contribution is 2.42. The number of hydrogen-bond acceptors (Lipinski definition) is 3. The van der Waals surface area contributed by atoms with Gasteiger partial charge in [0, 0.05) is 5.02 Å². The molecule has 1 saturated carbocycles. The van der Waals surface area contributed by atoms with Crippen molar-refractivity contribution in [2.75, 3.05) is 0 Å². The zero-order chi connectivity index (χ0) is 11.6. The molecule has 1 atom stereocenters. The molecular weight excluding hydrogens is 226 g/mol. The predicted molar refractivity (Wildman–Crippen MR) is 63.4 cm³/mol. The van der Waals surface area contributed by atoms with Crippen molar-refractivity contribution in [3.05, 3.63) is 39.8 Å². The zero-order valence-electron chi connectivity index (χ0n) is 8.90. The van der Waals surface area contributed by atoms with E-state index in [9.17, 15) is 10.0 Å². The Morgan fingerprint density at radius 3 is 2.31 bits per heavy atom. The van der Waals surface area contributed by atoms with Crippen molar-refractivity contribution in [3.8, 4) is 0 Å². The Morgan fingerprint density at radius 1 is 1.25 bits per heavy atom. The van der Waals surface area contributed by atoms with Crippen LogP contribution in [0, 0.1) is 4.91 Å². The lowest BCUT2D eigenvalue weighted by atomic mass is 9.88. The quantitative estimate of drug-likeness (QED) is 0.822. The van der Waals surface area contributed by atoms with Gasteiger partial charge in [0.05, 0.1) is 5.60 Å². The van der Waals surface area contributed by atoms with Crippen LogP contribution in [0.4, 0.5) is 0 Å². The fraction of sp³-hybridized carbons (Fsp3) is 0.500. The molecule has 0 radical (unpaired) electrons. The van der Waals surface area contributed by atoms with Gasteiger partial charge in [-0.3, -0.25) is 0 Å². The van der Waals surface area contributed by atoms with Crippen molar-refractivity contribution < 1.29 is 5.11 Å². The Hall–Kier alpha value is -0.930. The smallest absolute Gasteiger partial charge is 0.145 e. The normalized spacial score (nSPS) is 20.6. The summed E-state index contributed by atoms with van der Waals surface area (Å²) in [7, 11) is 0. The molecule has 1 N–H and O–H groups in total. The maximum absolute atomic E-state index is 10.9. The topological polar surface area (TPSA) is 49.7 Å². The molecule has 1 aromatic rings. The summed E-state index contributed by atoms with van der Waals surface area (Å²) >= 11 is 5.78. The van der Waals surface area contributed by atoms with Crippen LogP contribution in [0.2, 0.25) is 5.02 Å². The summed E-state index contributed by atoms with van der Waals surface area (Å²) in [4.78, 5) is 10.9. The van der Waals surface area contributed by atoms with E-state index in [1.807, 2.05) is 0 Å². The standard InChI is InChI=1S/C12H14ClNO2/c13-10-5-3-9(4-6-10)11(14-16)12(15)7-1-2-8-12/h3-6,11,15H,1-2,7-8H2. The van der Waals surface area contributed by atoms with Gasteiger partial charge in [-0.2, -0.15) is 4.91 Å². The Kier molecular flexibility index (Phi) is 3.26. The first kappa shape index (κ1) is 11.6. The molecule has 16 heavy (non-hydrogen) atoms. The third-order valence-electron chi connectivity index (χ3n) is 3.27. The molecule has 0 heterocycles. The lowest BCUT2D eigenvalue weighted by molar-refractivity contribution is 0.0207. The molecular formula is C12H14ClNO2. The Labute approximate surface area is 99.4 Å². The number of nitrogens with zero attached hydrogens (tertiary/aromatic N) is 1. The highest BCUT2D eigenvalue weighted by Gasteiger charge is 2.41. The van der Waals surface area contributed by atoms with Gasteiger partial charge in [-0.1, -0.05) is 41.8 Å². The van der Waals surface area contributed by atoms with Gasteiger partial charge in [-0.05, 0) is 30.5 Å². The molecule has 1 aliphatic rings. The molecule has 0 spiro atoms. The molecule has 0 bridgehead atoms. The van der Waals surface area contributed by atoms with E-state index in [2.05, 4.69) is 5.18 Å². The first-order valence-electron chi connectivity index (χ1n) is 5.46. The van der Waals surface area contributed by atoms with E-state index in [4.69, 9.17) is 11.6 Å². The van der Waals surface area contributed by atoms with E-state index in [0.717, 1.165) is 18.4 Å². The SMILES string of the molecule is O=NC(c1ccc(Cl)cc1)C1(O)CCCC1. The summed E-state index contributed by atoms with van der Waals surface area (Å²) in [5.74, 6) is 0. The zero-order valence-corrected chi connectivity index (χ0v) is 9.65.